The zero-order valence-electron chi connectivity index (χ0n) is 19.7. The van der Waals surface area contributed by atoms with Crippen molar-refractivity contribution in [3.05, 3.63) is 63.2 Å². The number of halogens is 1. The molecular weight excluding hydrogens is 490 g/mol. The maximum Gasteiger partial charge on any atom is 0.288 e. The first kappa shape index (κ1) is 25.2. The van der Waals surface area contributed by atoms with Gasteiger partial charge in [0.25, 0.3) is 11.6 Å². The number of ether oxygens (including phenoxy) is 1. The van der Waals surface area contributed by atoms with E-state index in [2.05, 4.69) is 10.2 Å². The number of carbonyl (C=O) groups is 3. The van der Waals surface area contributed by atoms with Crippen LogP contribution >= 0.6 is 11.6 Å². The molecule has 2 aromatic carbocycles. The maximum atomic E-state index is 13.3. The number of amides is 3. The lowest BCUT2D eigenvalue weighted by atomic mass is 10.0. The summed E-state index contributed by atoms with van der Waals surface area (Å²) >= 11 is 6.13. The van der Waals surface area contributed by atoms with Crippen molar-refractivity contribution < 1.29 is 24.0 Å². The molecule has 3 amide bonds. The summed E-state index contributed by atoms with van der Waals surface area (Å²) in [5, 5.41) is 13.6. The van der Waals surface area contributed by atoms with Gasteiger partial charge in [-0.2, -0.15) is 0 Å². The summed E-state index contributed by atoms with van der Waals surface area (Å²) in [7, 11) is 1.61. The Hall–Kier alpha value is -3.86. The van der Waals surface area contributed by atoms with Gasteiger partial charge in [-0.15, -0.1) is 0 Å². The summed E-state index contributed by atoms with van der Waals surface area (Å²) in [4.78, 5) is 54.7. The highest BCUT2D eigenvalue weighted by Crippen LogP contribution is 2.30. The third-order valence-electron chi connectivity index (χ3n) is 6.44. The molecule has 2 aromatic rings. The highest BCUT2D eigenvalue weighted by atomic mass is 35.5. The molecule has 0 bridgehead atoms. The second-order valence-corrected chi connectivity index (χ2v) is 8.85. The first-order valence-corrected chi connectivity index (χ1v) is 11.9. The molecule has 0 saturated carbocycles. The van der Waals surface area contributed by atoms with Crippen LogP contribution in [-0.4, -0.2) is 84.9 Å². The Morgan fingerprint density at radius 2 is 1.81 bits per heavy atom. The number of rotatable bonds is 6. The van der Waals surface area contributed by atoms with Gasteiger partial charge < -0.3 is 24.8 Å². The number of carbonyl (C=O) groups excluding carboxylic acids is 3. The van der Waals surface area contributed by atoms with Crippen molar-refractivity contribution >= 4 is 40.7 Å². The molecule has 190 valence electrons. The van der Waals surface area contributed by atoms with Crippen molar-refractivity contribution in [1.29, 1.82) is 0 Å². The van der Waals surface area contributed by atoms with Gasteiger partial charge >= 0.3 is 0 Å². The van der Waals surface area contributed by atoms with Crippen LogP contribution in [0.25, 0.3) is 0 Å². The van der Waals surface area contributed by atoms with Crippen LogP contribution in [0.4, 0.5) is 11.4 Å². The average Bonchev–Trinajstić information content (AvgIpc) is 2.89. The van der Waals surface area contributed by atoms with E-state index in [0.717, 1.165) is 11.4 Å². The first-order chi connectivity index (χ1) is 17.3. The lowest BCUT2D eigenvalue weighted by Crippen LogP contribution is -2.59. The van der Waals surface area contributed by atoms with Crippen molar-refractivity contribution in [2.45, 2.75) is 12.5 Å². The number of nitrogens with zero attached hydrogens (tertiary/aromatic N) is 4. The van der Waals surface area contributed by atoms with Gasteiger partial charge in [-0.05, 0) is 30.3 Å². The molecule has 1 N–H and O–H groups in total. The molecule has 2 aliphatic heterocycles. The molecule has 0 aliphatic carbocycles. The standard InChI is InChI=1S/C24H26ClN5O6/c1-36-17-7-5-16(6-8-17)27-11-13-28(14-12-27)21(31)15-20-23(32)26-9-10-29(20)24(33)18-3-2-4-19(22(18)25)30(34)35/h2-8,20H,9-15H2,1H3,(H,26,32)/t20-/m1/s1. The lowest BCUT2D eigenvalue weighted by molar-refractivity contribution is -0.384. The van der Waals surface area contributed by atoms with E-state index in [1.807, 2.05) is 24.3 Å². The molecule has 11 nitrogen and oxygen atoms in total. The van der Waals surface area contributed by atoms with Crippen LogP contribution in [0.2, 0.25) is 5.02 Å². The van der Waals surface area contributed by atoms with Gasteiger partial charge in [0.1, 0.15) is 16.8 Å². The molecule has 0 spiro atoms. The van der Waals surface area contributed by atoms with Gasteiger partial charge in [-0.1, -0.05) is 17.7 Å². The minimum atomic E-state index is -1.03. The summed E-state index contributed by atoms with van der Waals surface area (Å²) in [5.74, 6) is -0.541. The predicted octanol–water partition coefficient (Wildman–Crippen LogP) is 1.94. The zero-order valence-corrected chi connectivity index (χ0v) is 20.4. The predicted molar refractivity (Wildman–Crippen MR) is 132 cm³/mol. The quantitative estimate of drug-likeness (QED) is 0.460. The molecular formula is C24H26ClN5O6. The summed E-state index contributed by atoms with van der Waals surface area (Å²) in [6.45, 7) is 2.57. The van der Waals surface area contributed by atoms with Crippen LogP contribution in [0.1, 0.15) is 16.8 Å². The molecule has 12 heteroatoms. The Morgan fingerprint density at radius 3 is 2.44 bits per heavy atom. The van der Waals surface area contributed by atoms with Gasteiger partial charge in [0.05, 0.1) is 24.0 Å². The van der Waals surface area contributed by atoms with Crippen LogP contribution in [0.15, 0.2) is 42.5 Å². The van der Waals surface area contributed by atoms with Crippen molar-refractivity contribution in [2.24, 2.45) is 0 Å². The minimum Gasteiger partial charge on any atom is -0.497 e. The van der Waals surface area contributed by atoms with Gasteiger partial charge in [-0.25, -0.2) is 0 Å². The average molecular weight is 516 g/mol. The van der Waals surface area contributed by atoms with Crippen molar-refractivity contribution in [3.63, 3.8) is 0 Å². The zero-order chi connectivity index (χ0) is 25.8. The number of nitrogens with one attached hydrogen (secondary N) is 1. The summed E-state index contributed by atoms with van der Waals surface area (Å²) in [6.07, 6.45) is -0.188. The Balaban J connectivity index is 1.43. The number of anilines is 1. The molecule has 4 rings (SSSR count). The van der Waals surface area contributed by atoms with Crippen LogP contribution in [0.3, 0.4) is 0 Å². The van der Waals surface area contributed by atoms with Crippen LogP contribution in [0, 0.1) is 10.1 Å². The molecule has 1 atom stereocenters. The van der Waals surface area contributed by atoms with Crippen molar-refractivity contribution in [1.82, 2.24) is 15.1 Å². The largest absolute Gasteiger partial charge is 0.497 e. The number of hydrogen-bond acceptors (Lipinski definition) is 7. The minimum absolute atomic E-state index is 0.0777. The fraction of sp³-hybridized carbons (Fsp3) is 0.375. The topological polar surface area (TPSA) is 125 Å². The summed E-state index contributed by atoms with van der Waals surface area (Å²) in [6, 6.07) is 10.6. The molecule has 36 heavy (non-hydrogen) atoms. The number of hydrogen-bond donors (Lipinski definition) is 1. The van der Waals surface area contributed by atoms with Crippen LogP contribution in [-0.2, 0) is 9.59 Å². The third kappa shape index (κ3) is 5.20. The van der Waals surface area contributed by atoms with E-state index in [1.54, 1.807) is 12.0 Å². The van der Waals surface area contributed by atoms with E-state index in [0.29, 0.717) is 26.2 Å². The maximum absolute atomic E-state index is 13.3. The normalized spacial score (nSPS) is 18.0. The number of nitro groups is 1. The Kier molecular flexibility index (Phi) is 7.58. The molecule has 2 aliphatic rings. The third-order valence-corrected chi connectivity index (χ3v) is 6.83. The van der Waals surface area contributed by atoms with E-state index in [4.69, 9.17) is 16.3 Å². The Bertz CT molecular complexity index is 1170. The van der Waals surface area contributed by atoms with Gasteiger partial charge in [0, 0.05) is 51.0 Å². The number of nitro benzene ring substituents is 1. The molecule has 0 unspecified atom stereocenters. The molecule has 2 fully saturated rings. The van der Waals surface area contributed by atoms with Gasteiger partial charge in [0.15, 0.2) is 0 Å². The van der Waals surface area contributed by atoms with Crippen molar-refractivity contribution in [3.8, 4) is 5.75 Å². The van der Waals surface area contributed by atoms with Crippen LogP contribution < -0.4 is 15.0 Å². The second-order valence-electron chi connectivity index (χ2n) is 8.47. The van der Waals surface area contributed by atoms with E-state index in [1.165, 1.54) is 23.1 Å². The molecule has 0 aromatic heterocycles. The fourth-order valence-electron chi connectivity index (χ4n) is 4.44. The number of benzene rings is 2. The van der Waals surface area contributed by atoms with E-state index in [-0.39, 0.29) is 36.0 Å². The van der Waals surface area contributed by atoms with E-state index >= 15 is 0 Å². The van der Waals surface area contributed by atoms with E-state index < -0.39 is 28.5 Å². The fourth-order valence-corrected chi connectivity index (χ4v) is 4.72. The summed E-state index contributed by atoms with van der Waals surface area (Å²) < 4.78 is 5.19. The SMILES string of the molecule is COc1ccc(N2CCN(C(=O)C[C@@H]3C(=O)NCCN3C(=O)c3cccc([N+](=O)[O-])c3Cl)CC2)cc1. The lowest BCUT2D eigenvalue weighted by Gasteiger charge is -2.39. The first-order valence-electron chi connectivity index (χ1n) is 11.5. The van der Waals surface area contributed by atoms with E-state index in [9.17, 15) is 24.5 Å². The Morgan fingerprint density at radius 1 is 1.11 bits per heavy atom. The summed E-state index contributed by atoms with van der Waals surface area (Å²) in [5.41, 5.74) is 0.553. The van der Waals surface area contributed by atoms with Crippen molar-refractivity contribution in [2.75, 3.05) is 51.3 Å². The molecule has 2 heterocycles. The second kappa shape index (κ2) is 10.8. The van der Waals surface area contributed by atoms with Gasteiger partial charge in [0.2, 0.25) is 11.8 Å². The molecule has 0 radical (unpaired) electrons. The number of piperazine rings is 2. The Labute approximate surface area is 212 Å². The van der Waals surface area contributed by atoms with Gasteiger partial charge in [-0.3, -0.25) is 24.5 Å². The smallest absolute Gasteiger partial charge is 0.288 e. The van der Waals surface area contributed by atoms with Crippen LogP contribution in [0.5, 0.6) is 5.75 Å². The highest BCUT2D eigenvalue weighted by Gasteiger charge is 2.38. The highest BCUT2D eigenvalue weighted by molar-refractivity contribution is 6.35. The molecule has 2 saturated heterocycles. The number of methoxy groups -OCH3 is 1. The monoisotopic (exact) mass is 515 g/mol.